The van der Waals surface area contributed by atoms with Crippen LogP contribution in [0.2, 0.25) is 0 Å². The first-order chi connectivity index (χ1) is 10.3. The lowest BCUT2D eigenvalue weighted by atomic mass is 10.1. The van der Waals surface area contributed by atoms with Crippen molar-refractivity contribution in [2.24, 2.45) is 0 Å². The van der Waals surface area contributed by atoms with Gasteiger partial charge in [-0.15, -0.1) is 0 Å². The smallest absolute Gasteiger partial charge is 0.326 e. The molecule has 0 saturated heterocycles. The summed E-state index contributed by atoms with van der Waals surface area (Å²) in [6.07, 6.45) is 0. The Morgan fingerprint density at radius 3 is 2.45 bits per heavy atom. The second-order valence-electron chi connectivity index (χ2n) is 5.57. The number of benzene rings is 1. The fraction of sp³-hybridized carbons (Fsp3) is 0.375. The van der Waals surface area contributed by atoms with E-state index in [-0.39, 0.29) is 5.76 Å². The van der Waals surface area contributed by atoms with Crippen molar-refractivity contribution < 1.29 is 19.1 Å². The second kappa shape index (κ2) is 6.19. The van der Waals surface area contributed by atoms with Crippen LogP contribution in [0.25, 0.3) is 11.0 Å². The summed E-state index contributed by atoms with van der Waals surface area (Å²) in [5, 5.41) is 9.94. The second-order valence-corrected chi connectivity index (χ2v) is 5.57. The fourth-order valence-corrected chi connectivity index (χ4v) is 2.25. The molecule has 1 N–H and O–H groups in total. The van der Waals surface area contributed by atoms with Crippen molar-refractivity contribution in [3.63, 3.8) is 0 Å². The van der Waals surface area contributed by atoms with Gasteiger partial charge in [0.25, 0.3) is 5.91 Å². The first-order valence-corrected chi connectivity index (χ1v) is 6.98. The Morgan fingerprint density at radius 2 is 1.86 bits per heavy atom. The van der Waals surface area contributed by atoms with Gasteiger partial charge in [0.15, 0.2) is 5.76 Å². The molecule has 0 saturated carbocycles. The highest BCUT2D eigenvalue weighted by atomic mass is 16.4. The Hall–Kier alpha value is -2.34. The number of carboxylic acid groups (broad SMARTS) is 1. The molecule has 1 amide bonds. The third kappa shape index (κ3) is 2.96. The largest absolute Gasteiger partial charge is 0.480 e. The molecule has 1 heterocycles. The van der Waals surface area contributed by atoms with E-state index in [0.29, 0.717) is 12.1 Å². The van der Waals surface area contributed by atoms with E-state index >= 15 is 0 Å². The molecule has 1 atom stereocenters. The van der Waals surface area contributed by atoms with E-state index in [1.807, 2.05) is 37.2 Å². The number of fused-ring (bicyclic) bond motifs is 1. The molecule has 1 aromatic carbocycles. The zero-order chi connectivity index (χ0) is 16.4. The minimum atomic E-state index is -1.05. The average Bonchev–Trinajstić information content (AvgIpc) is 2.83. The SMILES string of the molecule is CC(C(=O)O)N(C)C(=O)c1oc2ccccc2c1CN(C)C. The van der Waals surface area contributed by atoms with E-state index in [0.717, 1.165) is 10.9 Å². The molecule has 0 radical (unpaired) electrons. The lowest BCUT2D eigenvalue weighted by Gasteiger charge is -2.21. The maximum atomic E-state index is 12.6. The molecule has 22 heavy (non-hydrogen) atoms. The number of hydrogen-bond acceptors (Lipinski definition) is 4. The van der Waals surface area contributed by atoms with Gasteiger partial charge in [0.05, 0.1) is 0 Å². The third-order valence-corrected chi connectivity index (χ3v) is 3.63. The lowest BCUT2D eigenvalue weighted by molar-refractivity contribution is -0.141. The molecular formula is C16H20N2O4. The molecule has 0 aliphatic carbocycles. The summed E-state index contributed by atoms with van der Waals surface area (Å²) < 4.78 is 5.70. The van der Waals surface area contributed by atoms with E-state index in [1.54, 1.807) is 6.07 Å². The Balaban J connectivity index is 2.49. The van der Waals surface area contributed by atoms with Crippen LogP contribution in [-0.2, 0) is 11.3 Å². The van der Waals surface area contributed by atoms with Gasteiger partial charge in [0, 0.05) is 24.5 Å². The number of amides is 1. The Morgan fingerprint density at radius 1 is 1.23 bits per heavy atom. The van der Waals surface area contributed by atoms with Gasteiger partial charge >= 0.3 is 5.97 Å². The first-order valence-electron chi connectivity index (χ1n) is 6.98. The lowest BCUT2D eigenvalue weighted by Crippen LogP contribution is -2.40. The molecule has 1 unspecified atom stereocenters. The molecule has 6 nitrogen and oxygen atoms in total. The van der Waals surface area contributed by atoms with Gasteiger partial charge in [-0.2, -0.15) is 0 Å². The molecule has 2 aromatic rings. The van der Waals surface area contributed by atoms with Gasteiger partial charge in [-0.25, -0.2) is 4.79 Å². The van der Waals surface area contributed by atoms with Crippen molar-refractivity contribution in [1.82, 2.24) is 9.80 Å². The monoisotopic (exact) mass is 304 g/mol. The number of carbonyl (C=O) groups is 2. The van der Waals surface area contributed by atoms with Gasteiger partial charge in [-0.3, -0.25) is 4.79 Å². The third-order valence-electron chi connectivity index (χ3n) is 3.63. The summed E-state index contributed by atoms with van der Waals surface area (Å²) in [5.74, 6) is -1.28. The van der Waals surface area contributed by atoms with Crippen LogP contribution in [0.5, 0.6) is 0 Å². The van der Waals surface area contributed by atoms with Crippen LogP contribution < -0.4 is 0 Å². The van der Waals surface area contributed by atoms with Crippen LogP contribution in [0.3, 0.4) is 0 Å². The summed E-state index contributed by atoms with van der Waals surface area (Å²) in [7, 11) is 5.27. The molecular weight excluding hydrogens is 284 g/mol. The number of nitrogens with zero attached hydrogens (tertiary/aromatic N) is 2. The van der Waals surface area contributed by atoms with Gasteiger partial charge in [-0.05, 0) is 27.1 Å². The van der Waals surface area contributed by atoms with Crippen molar-refractivity contribution in [3.8, 4) is 0 Å². The van der Waals surface area contributed by atoms with Crippen molar-refractivity contribution in [1.29, 1.82) is 0 Å². The summed E-state index contributed by atoms with van der Waals surface area (Å²) in [6, 6.07) is 6.49. The van der Waals surface area contributed by atoms with Crippen molar-refractivity contribution in [2.75, 3.05) is 21.1 Å². The summed E-state index contributed by atoms with van der Waals surface area (Å²) in [6.45, 7) is 2.00. The summed E-state index contributed by atoms with van der Waals surface area (Å²) in [4.78, 5) is 26.8. The molecule has 6 heteroatoms. The Bertz CT molecular complexity index is 705. The van der Waals surface area contributed by atoms with E-state index < -0.39 is 17.9 Å². The predicted octanol–water partition coefficient (Wildman–Crippen LogP) is 2.04. The van der Waals surface area contributed by atoms with E-state index in [4.69, 9.17) is 9.52 Å². The van der Waals surface area contributed by atoms with Crippen LogP contribution in [0.1, 0.15) is 23.0 Å². The number of para-hydroxylation sites is 1. The van der Waals surface area contributed by atoms with Crippen molar-refractivity contribution in [3.05, 3.63) is 35.6 Å². The molecule has 0 aliphatic rings. The summed E-state index contributed by atoms with van der Waals surface area (Å²) >= 11 is 0. The van der Waals surface area contributed by atoms with Gasteiger partial charge < -0.3 is 19.3 Å². The van der Waals surface area contributed by atoms with E-state index in [1.165, 1.54) is 18.9 Å². The number of carbonyl (C=O) groups excluding carboxylic acids is 1. The number of rotatable bonds is 5. The molecule has 1 aromatic heterocycles. The number of likely N-dealkylation sites (N-methyl/N-ethyl adjacent to an activating group) is 1. The van der Waals surface area contributed by atoms with E-state index in [9.17, 15) is 9.59 Å². The minimum absolute atomic E-state index is 0.200. The standard InChI is InChI=1S/C16H20N2O4/c1-10(16(20)21)18(4)15(19)14-12(9-17(2)3)11-7-5-6-8-13(11)22-14/h5-8,10H,9H2,1-4H3,(H,20,21). The van der Waals surface area contributed by atoms with Gasteiger partial charge in [-0.1, -0.05) is 18.2 Å². The molecule has 0 fully saturated rings. The van der Waals surface area contributed by atoms with Gasteiger partial charge in [0.2, 0.25) is 0 Å². The average molecular weight is 304 g/mol. The topological polar surface area (TPSA) is 74.0 Å². The predicted molar refractivity (Wildman–Crippen MR) is 82.8 cm³/mol. The maximum absolute atomic E-state index is 12.6. The van der Waals surface area contributed by atoms with Gasteiger partial charge in [0.1, 0.15) is 11.6 Å². The zero-order valence-electron chi connectivity index (χ0n) is 13.2. The first kappa shape index (κ1) is 16.0. The molecule has 0 bridgehead atoms. The zero-order valence-corrected chi connectivity index (χ0v) is 13.2. The molecule has 0 aliphatic heterocycles. The highest BCUT2D eigenvalue weighted by Gasteiger charge is 2.28. The van der Waals surface area contributed by atoms with Crippen molar-refractivity contribution >= 4 is 22.8 Å². The Labute approximate surface area is 128 Å². The van der Waals surface area contributed by atoms with Crippen LogP contribution in [-0.4, -0.2) is 54.0 Å². The number of hydrogen-bond donors (Lipinski definition) is 1. The minimum Gasteiger partial charge on any atom is -0.480 e. The fourth-order valence-electron chi connectivity index (χ4n) is 2.25. The molecule has 0 spiro atoms. The normalized spacial score (nSPS) is 12.6. The van der Waals surface area contributed by atoms with Crippen LogP contribution in [0, 0.1) is 0 Å². The highest BCUT2D eigenvalue weighted by molar-refractivity contribution is 6.00. The van der Waals surface area contributed by atoms with Crippen molar-refractivity contribution in [2.45, 2.75) is 19.5 Å². The van der Waals surface area contributed by atoms with E-state index in [2.05, 4.69) is 0 Å². The molecule has 118 valence electrons. The Kier molecular flexibility index (Phi) is 4.51. The van der Waals surface area contributed by atoms with Crippen LogP contribution in [0.15, 0.2) is 28.7 Å². The maximum Gasteiger partial charge on any atom is 0.326 e. The highest BCUT2D eigenvalue weighted by Crippen LogP contribution is 2.28. The summed E-state index contributed by atoms with van der Waals surface area (Å²) in [5.41, 5.74) is 1.40. The number of carboxylic acids is 1. The van der Waals surface area contributed by atoms with Crippen LogP contribution >= 0.6 is 0 Å². The molecule has 2 rings (SSSR count). The number of aliphatic carboxylic acids is 1. The quantitative estimate of drug-likeness (QED) is 0.915. The van der Waals surface area contributed by atoms with Crippen LogP contribution in [0.4, 0.5) is 0 Å². The number of furan rings is 1.